The van der Waals surface area contributed by atoms with Gasteiger partial charge in [0.05, 0.1) is 10.6 Å². The van der Waals surface area contributed by atoms with Gasteiger partial charge in [-0.25, -0.2) is 21.8 Å². The molecule has 0 amide bonds. The van der Waals surface area contributed by atoms with Crippen LogP contribution in [0.1, 0.15) is 39.0 Å². The van der Waals surface area contributed by atoms with Crippen LogP contribution in [0.25, 0.3) is 0 Å². The van der Waals surface area contributed by atoms with Gasteiger partial charge < -0.3 is 5.32 Å². The smallest absolute Gasteiger partial charge is 0.226 e. The van der Waals surface area contributed by atoms with Gasteiger partial charge in [-0.15, -0.1) is 0 Å². The predicted octanol–water partition coefficient (Wildman–Crippen LogP) is 4.73. The third-order valence-corrected chi connectivity index (χ3v) is 10.00. The molecule has 29 heavy (non-hydrogen) atoms. The van der Waals surface area contributed by atoms with Gasteiger partial charge in [-0.2, -0.15) is 0 Å². The van der Waals surface area contributed by atoms with E-state index in [4.69, 9.17) is 11.6 Å². The first kappa shape index (κ1) is 22.3. The van der Waals surface area contributed by atoms with Gasteiger partial charge in [0.25, 0.3) is 0 Å². The quantitative estimate of drug-likeness (QED) is 0.556. The van der Waals surface area contributed by atoms with Crippen molar-refractivity contribution < 1.29 is 16.8 Å². The lowest BCUT2D eigenvalue weighted by Gasteiger charge is -2.13. The second kappa shape index (κ2) is 9.16. The van der Waals surface area contributed by atoms with Crippen molar-refractivity contribution in [1.29, 1.82) is 0 Å². The maximum absolute atomic E-state index is 13.1. The van der Waals surface area contributed by atoms with Gasteiger partial charge in [0.2, 0.25) is 24.0 Å². The summed E-state index contributed by atoms with van der Waals surface area (Å²) in [6, 6.07) is 5.74. The molecular weight excluding hydrogens is 452 g/mol. The van der Waals surface area contributed by atoms with E-state index in [-0.39, 0.29) is 25.0 Å². The van der Waals surface area contributed by atoms with Crippen LogP contribution in [-0.2, 0) is 19.7 Å². The fourth-order valence-corrected chi connectivity index (χ4v) is 7.18. The van der Waals surface area contributed by atoms with Crippen LogP contribution in [0.3, 0.4) is 0 Å². The number of allylic oxidation sites excluding steroid dienone is 1. The highest BCUT2D eigenvalue weighted by Gasteiger charge is 2.30. The molecule has 0 saturated heterocycles. The lowest BCUT2D eigenvalue weighted by Crippen LogP contribution is -2.09. The second-order valence-electron chi connectivity index (χ2n) is 6.76. The molecule has 0 aliphatic heterocycles. The van der Waals surface area contributed by atoms with Crippen LogP contribution in [-0.4, -0.2) is 34.1 Å². The summed E-state index contributed by atoms with van der Waals surface area (Å²) >= 11 is 6.73. The Hall–Kier alpha value is -1.42. The molecule has 1 N–H and O–H groups in total. The van der Waals surface area contributed by atoms with Gasteiger partial charge in [0, 0.05) is 11.6 Å². The van der Waals surface area contributed by atoms with Gasteiger partial charge in [0.15, 0.2) is 5.03 Å². The van der Waals surface area contributed by atoms with E-state index in [1.54, 1.807) is 0 Å². The number of aromatic nitrogens is 1. The van der Waals surface area contributed by atoms with Crippen LogP contribution < -0.4 is 5.32 Å². The van der Waals surface area contributed by atoms with Crippen LogP contribution in [0.15, 0.2) is 50.2 Å². The largest absolute Gasteiger partial charge is 0.374 e. The van der Waals surface area contributed by atoms with E-state index in [2.05, 4.69) is 16.4 Å². The summed E-state index contributed by atoms with van der Waals surface area (Å²) in [5.74, 6) is -0.146. The van der Waals surface area contributed by atoms with Crippen molar-refractivity contribution in [3.8, 4) is 0 Å². The highest BCUT2D eigenvalue weighted by molar-refractivity contribution is 7.94. The molecule has 0 saturated carbocycles. The van der Waals surface area contributed by atoms with Crippen molar-refractivity contribution >= 4 is 47.6 Å². The SMILES string of the molecule is CCS(=O)(=O)c1nc(S(=O)(=O)c2ccc(Cl)cc2)c(NCCC2=CCCCC2)s1. The summed E-state index contributed by atoms with van der Waals surface area (Å²) in [6.07, 6.45) is 7.51. The van der Waals surface area contributed by atoms with Crippen LogP contribution in [0.2, 0.25) is 5.02 Å². The second-order valence-corrected chi connectivity index (χ2v) is 12.5. The van der Waals surface area contributed by atoms with Crippen LogP contribution in [0.4, 0.5) is 5.00 Å². The summed E-state index contributed by atoms with van der Waals surface area (Å²) in [6.45, 7) is 2.02. The molecule has 1 aliphatic carbocycles. The predicted molar refractivity (Wildman–Crippen MR) is 116 cm³/mol. The number of rotatable bonds is 8. The maximum atomic E-state index is 13.1. The summed E-state index contributed by atoms with van der Waals surface area (Å²) in [5.41, 5.74) is 1.34. The molecule has 0 radical (unpaired) electrons. The van der Waals surface area contributed by atoms with E-state index in [9.17, 15) is 16.8 Å². The first-order chi connectivity index (χ1) is 13.7. The molecule has 0 spiro atoms. The van der Waals surface area contributed by atoms with Crippen molar-refractivity contribution in [1.82, 2.24) is 4.98 Å². The van der Waals surface area contributed by atoms with Gasteiger partial charge >= 0.3 is 0 Å². The van der Waals surface area contributed by atoms with E-state index in [0.29, 0.717) is 11.6 Å². The number of nitrogens with zero attached hydrogens (tertiary/aromatic N) is 1. The lowest BCUT2D eigenvalue weighted by molar-refractivity contribution is 0.590. The molecule has 2 aromatic rings. The molecule has 6 nitrogen and oxygen atoms in total. The van der Waals surface area contributed by atoms with Gasteiger partial charge in [-0.05, 0) is 56.4 Å². The number of sulfone groups is 2. The topological polar surface area (TPSA) is 93.2 Å². The van der Waals surface area contributed by atoms with E-state index in [1.165, 1.54) is 49.6 Å². The minimum Gasteiger partial charge on any atom is -0.374 e. The Morgan fingerprint density at radius 3 is 2.48 bits per heavy atom. The Morgan fingerprint density at radius 2 is 1.86 bits per heavy atom. The standard InChI is InChI=1S/C19H23ClN2O4S3/c1-2-28(23,24)19-22-18(29(25,26)16-10-8-15(20)9-11-16)17(27-19)21-13-12-14-6-4-3-5-7-14/h6,8-11,21H,2-5,7,12-13H2,1H3. The number of halogens is 1. The number of benzene rings is 1. The molecule has 0 bridgehead atoms. The molecule has 0 unspecified atom stereocenters. The highest BCUT2D eigenvalue weighted by atomic mass is 35.5. The van der Waals surface area contributed by atoms with E-state index >= 15 is 0 Å². The van der Waals surface area contributed by atoms with Crippen molar-refractivity contribution in [2.75, 3.05) is 17.6 Å². The molecule has 1 heterocycles. The Morgan fingerprint density at radius 1 is 1.14 bits per heavy atom. The number of nitrogens with one attached hydrogen (secondary N) is 1. The average molecular weight is 475 g/mol. The maximum Gasteiger partial charge on any atom is 0.226 e. The Kier molecular flexibility index (Phi) is 7.03. The molecule has 0 atom stereocenters. The molecule has 1 aromatic heterocycles. The zero-order chi connectivity index (χ0) is 21.1. The molecule has 1 aromatic carbocycles. The van der Waals surface area contributed by atoms with Crippen molar-refractivity contribution in [3.05, 3.63) is 40.9 Å². The fourth-order valence-electron chi connectivity index (χ4n) is 3.03. The molecule has 0 fully saturated rings. The summed E-state index contributed by atoms with van der Waals surface area (Å²) in [4.78, 5) is 4.04. The van der Waals surface area contributed by atoms with Crippen LogP contribution >= 0.6 is 22.9 Å². The van der Waals surface area contributed by atoms with E-state index in [0.717, 1.165) is 30.6 Å². The minimum atomic E-state index is -3.99. The molecule has 10 heteroatoms. The summed E-state index contributed by atoms with van der Waals surface area (Å²) in [7, 11) is -7.61. The molecular formula is C19H23ClN2O4S3. The monoisotopic (exact) mass is 474 g/mol. The number of anilines is 1. The normalized spacial score (nSPS) is 15.2. The molecule has 3 rings (SSSR count). The third kappa shape index (κ3) is 5.20. The van der Waals surface area contributed by atoms with E-state index in [1.807, 2.05) is 0 Å². The lowest BCUT2D eigenvalue weighted by atomic mass is 9.97. The average Bonchev–Trinajstić information content (AvgIpc) is 3.15. The number of hydrogen-bond acceptors (Lipinski definition) is 7. The number of thiazole rings is 1. The zero-order valence-electron chi connectivity index (χ0n) is 16.0. The van der Waals surface area contributed by atoms with Crippen LogP contribution in [0.5, 0.6) is 0 Å². The Bertz CT molecular complexity index is 1100. The molecule has 1 aliphatic rings. The van der Waals surface area contributed by atoms with E-state index < -0.39 is 19.7 Å². The number of hydrogen-bond donors (Lipinski definition) is 1. The van der Waals surface area contributed by atoms with Gasteiger partial charge in [-0.1, -0.05) is 41.5 Å². The Balaban J connectivity index is 1.93. The van der Waals surface area contributed by atoms with Crippen molar-refractivity contribution in [3.63, 3.8) is 0 Å². The summed E-state index contributed by atoms with van der Waals surface area (Å²) < 4.78 is 50.6. The minimum absolute atomic E-state index is 0.0192. The van der Waals surface area contributed by atoms with Crippen LogP contribution in [0, 0.1) is 0 Å². The fraction of sp³-hybridized carbons (Fsp3) is 0.421. The highest BCUT2D eigenvalue weighted by Crippen LogP contribution is 2.35. The zero-order valence-corrected chi connectivity index (χ0v) is 19.2. The van der Waals surface area contributed by atoms with Crippen molar-refractivity contribution in [2.45, 2.75) is 53.3 Å². The van der Waals surface area contributed by atoms with Gasteiger partial charge in [-0.3, -0.25) is 0 Å². The van der Waals surface area contributed by atoms with Gasteiger partial charge in [0.1, 0.15) is 5.00 Å². The Labute approximate surface area is 180 Å². The summed E-state index contributed by atoms with van der Waals surface area (Å²) in [5, 5.41) is 3.52. The first-order valence-corrected chi connectivity index (χ1v) is 13.7. The van der Waals surface area contributed by atoms with Crippen molar-refractivity contribution in [2.24, 2.45) is 0 Å². The third-order valence-electron chi connectivity index (χ3n) is 4.72. The first-order valence-electron chi connectivity index (χ1n) is 9.40. The molecule has 158 valence electrons.